The van der Waals surface area contributed by atoms with Gasteiger partial charge in [0.2, 0.25) is 0 Å². The van der Waals surface area contributed by atoms with Crippen LogP contribution in [0.15, 0.2) is 0 Å². The Morgan fingerprint density at radius 2 is 2.00 bits per heavy atom. The Kier molecular flexibility index (Phi) is 8.67. The fraction of sp³-hybridized carbons (Fsp3) is 1.00. The van der Waals surface area contributed by atoms with Gasteiger partial charge in [0, 0.05) is 7.11 Å². The normalized spacial score (nSPS) is 11.3. The second-order valence-corrected chi connectivity index (χ2v) is 2.92. The minimum absolute atomic E-state index is 0.715. The highest BCUT2D eigenvalue weighted by atomic mass is 31.1. The van der Waals surface area contributed by atoms with Gasteiger partial charge in [-0.3, -0.25) is 0 Å². The smallest absolute Gasteiger partial charge is 0.0700 e. The molecule has 0 heterocycles. The molecule has 0 fully saturated rings. The summed E-state index contributed by atoms with van der Waals surface area (Å²) in [6.07, 6.45) is 1.18. The van der Waals surface area contributed by atoms with Crippen LogP contribution in [-0.2, 0) is 9.47 Å². The summed E-state index contributed by atoms with van der Waals surface area (Å²) in [6.45, 7) is 4.52. The Balaban J connectivity index is 2.60. The third-order valence-corrected chi connectivity index (χ3v) is 1.63. The zero-order valence-corrected chi connectivity index (χ0v) is 7.14. The van der Waals surface area contributed by atoms with Crippen molar-refractivity contribution in [1.29, 1.82) is 0 Å². The van der Waals surface area contributed by atoms with E-state index in [2.05, 4.69) is 6.66 Å². The van der Waals surface area contributed by atoms with E-state index >= 15 is 0 Å². The van der Waals surface area contributed by atoms with Gasteiger partial charge in [0.25, 0.3) is 0 Å². The van der Waals surface area contributed by atoms with Crippen LogP contribution in [0.1, 0.15) is 0 Å². The highest BCUT2D eigenvalue weighted by Gasteiger charge is 1.84. The van der Waals surface area contributed by atoms with Crippen LogP contribution in [0.5, 0.6) is 0 Å². The number of hydrogen-bond acceptors (Lipinski definition) is 2. The van der Waals surface area contributed by atoms with Crippen molar-refractivity contribution in [2.75, 3.05) is 39.8 Å². The molecule has 0 aromatic rings. The molecule has 0 aliphatic carbocycles. The van der Waals surface area contributed by atoms with Crippen molar-refractivity contribution in [2.45, 2.75) is 0 Å². The number of hydrogen-bond donors (Lipinski definition) is 0. The SMILES string of the molecule is COCCOCCPC. The van der Waals surface area contributed by atoms with E-state index in [1.807, 2.05) is 0 Å². The number of rotatable bonds is 6. The Morgan fingerprint density at radius 3 is 2.56 bits per heavy atom. The molecule has 0 bridgehead atoms. The lowest BCUT2D eigenvalue weighted by Gasteiger charge is -2.00. The molecule has 0 saturated carbocycles. The van der Waals surface area contributed by atoms with Gasteiger partial charge in [0.05, 0.1) is 19.8 Å². The molecule has 1 atom stereocenters. The van der Waals surface area contributed by atoms with E-state index < -0.39 is 0 Å². The summed E-state index contributed by atoms with van der Waals surface area (Å²) in [5.41, 5.74) is 0. The van der Waals surface area contributed by atoms with Crippen LogP contribution >= 0.6 is 8.58 Å². The van der Waals surface area contributed by atoms with Crippen molar-refractivity contribution < 1.29 is 9.47 Å². The standard InChI is InChI=1S/C6H15O2P/c1-7-3-4-8-5-6-9-2/h9H,3-6H2,1-2H3. The molecule has 9 heavy (non-hydrogen) atoms. The maximum atomic E-state index is 5.20. The molecule has 3 heteroatoms. The molecule has 0 aromatic heterocycles. The lowest BCUT2D eigenvalue weighted by Crippen LogP contribution is -2.03. The summed E-state index contributed by atoms with van der Waals surface area (Å²) in [6, 6.07) is 0. The summed E-state index contributed by atoms with van der Waals surface area (Å²) in [5.74, 6) is 0. The molecule has 0 aliphatic heterocycles. The van der Waals surface area contributed by atoms with Crippen molar-refractivity contribution >= 4 is 8.58 Å². The molecule has 0 N–H and O–H groups in total. The van der Waals surface area contributed by atoms with Crippen molar-refractivity contribution in [2.24, 2.45) is 0 Å². The van der Waals surface area contributed by atoms with Crippen LogP contribution in [-0.4, -0.2) is 39.8 Å². The van der Waals surface area contributed by atoms with Crippen LogP contribution in [0.2, 0.25) is 0 Å². The van der Waals surface area contributed by atoms with E-state index in [1.165, 1.54) is 6.16 Å². The van der Waals surface area contributed by atoms with Gasteiger partial charge in [-0.05, 0) is 12.8 Å². The molecule has 0 aromatic carbocycles. The quantitative estimate of drug-likeness (QED) is 0.414. The van der Waals surface area contributed by atoms with Crippen LogP contribution in [0.4, 0.5) is 0 Å². The van der Waals surface area contributed by atoms with E-state index in [0.717, 1.165) is 21.8 Å². The Labute approximate surface area is 58.7 Å². The molecule has 0 amide bonds. The second-order valence-electron chi connectivity index (χ2n) is 1.71. The molecular weight excluding hydrogens is 135 g/mol. The third kappa shape index (κ3) is 8.35. The first-order chi connectivity index (χ1) is 4.41. The molecule has 0 rings (SSSR count). The summed E-state index contributed by atoms with van der Waals surface area (Å²) in [5, 5.41) is 0. The number of ether oxygens (including phenoxy) is 2. The van der Waals surface area contributed by atoms with Crippen LogP contribution in [0.25, 0.3) is 0 Å². The first kappa shape index (κ1) is 9.35. The summed E-state index contributed by atoms with van der Waals surface area (Å²) < 4.78 is 10.00. The first-order valence-electron chi connectivity index (χ1n) is 3.13. The molecule has 0 saturated heterocycles. The van der Waals surface area contributed by atoms with Crippen LogP contribution in [0, 0.1) is 0 Å². The van der Waals surface area contributed by atoms with Crippen molar-refractivity contribution in [3.05, 3.63) is 0 Å². The molecular formula is C6H15O2P. The van der Waals surface area contributed by atoms with Gasteiger partial charge in [-0.25, -0.2) is 0 Å². The van der Waals surface area contributed by atoms with Crippen molar-refractivity contribution in [1.82, 2.24) is 0 Å². The highest BCUT2D eigenvalue weighted by molar-refractivity contribution is 7.37. The van der Waals surface area contributed by atoms with Crippen molar-refractivity contribution in [3.63, 3.8) is 0 Å². The molecule has 0 spiro atoms. The zero-order valence-electron chi connectivity index (χ0n) is 6.14. The first-order valence-corrected chi connectivity index (χ1v) is 4.83. The average Bonchev–Trinajstić information content (AvgIpc) is 1.89. The van der Waals surface area contributed by atoms with E-state index in [4.69, 9.17) is 9.47 Å². The van der Waals surface area contributed by atoms with Crippen LogP contribution in [0.3, 0.4) is 0 Å². The lowest BCUT2D eigenvalue weighted by molar-refractivity contribution is 0.0788. The zero-order chi connectivity index (χ0) is 6.95. The maximum Gasteiger partial charge on any atom is 0.0700 e. The topological polar surface area (TPSA) is 18.5 Å². The molecule has 2 nitrogen and oxygen atoms in total. The van der Waals surface area contributed by atoms with Gasteiger partial charge >= 0.3 is 0 Å². The predicted molar refractivity (Wildman–Crippen MR) is 41.8 cm³/mol. The van der Waals surface area contributed by atoms with Gasteiger partial charge < -0.3 is 9.47 Å². The monoisotopic (exact) mass is 150 g/mol. The fourth-order valence-corrected chi connectivity index (χ4v) is 0.767. The lowest BCUT2D eigenvalue weighted by atomic mass is 10.7. The Bertz CT molecular complexity index is 44.3. The van der Waals surface area contributed by atoms with Gasteiger partial charge in [-0.1, -0.05) is 0 Å². The Morgan fingerprint density at radius 1 is 1.22 bits per heavy atom. The van der Waals surface area contributed by atoms with E-state index in [-0.39, 0.29) is 0 Å². The van der Waals surface area contributed by atoms with Crippen LogP contribution < -0.4 is 0 Å². The molecule has 0 radical (unpaired) electrons. The Hall–Kier alpha value is 0.350. The minimum Gasteiger partial charge on any atom is -0.382 e. The molecule has 1 unspecified atom stereocenters. The van der Waals surface area contributed by atoms with Gasteiger partial charge in [0.1, 0.15) is 0 Å². The summed E-state index contributed by atoms with van der Waals surface area (Å²) in [7, 11) is 2.69. The van der Waals surface area contributed by atoms with E-state index in [1.54, 1.807) is 7.11 Å². The number of methoxy groups -OCH3 is 1. The maximum absolute atomic E-state index is 5.20. The summed E-state index contributed by atoms with van der Waals surface area (Å²) >= 11 is 0. The van der Waals surface area contributed by atoms with E-state index in [0.29, 0.717) is 6.61 Å². The van der Waals surface area contributed by atoms with Gasteiger partial charge in [0.15, 0.2) is 0 Å². The third-order valence-electron chi connectivity index (χ3n) is 0.928. The minimum atomic E-state index is 0.715. The fourth-order valence-electron chi connectivity index (χ4n) is 0.419. The summed E-state index contributed by atoms with van der Waals surface area (Å²) in [4.78, 5) is 0. The molecule has 56 valence electrons. The molecule has 0 aliphatic rings. The van der Waals surface area contributed by atoms with E-state index in [9.17, 15) is 0 Å². The largest absolute Gasteiger partial charge is 0.382 e. The van der Waals surface area contributed by atoms with Crippen molar-refractivity contribution in [3.8, 4) is 0 Å². The second kappa shape index (κ2) is 8.35. The van der Waals surface area contributed by atoms with Gasteiger partial charge in [-0.15, -0.1) is 8.58 Å². The average molecular weight is 150 g/mol. The van der Waals surface area contributed by atoms with Gasteiger partial charge in [-0.2, -0.15) is 0 Å². The highest BCUT2D eigenvalue weighted by Crippen LogP contribution is 1.99. The predicted octanol–water partition coefficient (Wildman–Crippen LogP) is 0.958.